The first-order valence-corrected chi connectivity index (χ1v) is 11.6. The molecule has 6 heteroatoms. The van der Waals surface area contributed by atoms with E-state index in [-0.39, 0.29) is 30.5 Å². The molecule has 0 saturated heterocycles. The molecule has 5 rings (SSSR count). The van der Waals surface area contributed by atoms with Crippen LogP contribution in [0.15, 0.2) is 91.0 Å². The molecule has 1 aliphatic rings. The third-order valence-electron chi connectivity index (χ3n) is 6.31. The van der Waals surface area contributed by atoms with Gasteiger partial charge in [-0.25, -0.2) is 0 Å². The highest BCUT2D eigenvalue weighted by atomic mass is 16.5. The third-order valence-corrected chi connectivity index (χ3v) is 6.31. The van der Waals surface area contributed by atoms with E-state index in [2.05, 4.69) is 5.32 Å². The van der Waals surface area contributed by atoms with Crippen molar-refractivity contribution in [3.8, 4) is 11.5 Å². The fourth-order valence-electron chi connectivity index (χ4n) is 4.59. The lowest BCUT2D eigenvalue weighted by Gasteiger charge is -2.33. The Labute approximate surface area is 203 Å². The van der Waals surface area contributed by atoms with Gasteiger partial charge in [-0.1, -0.05) is 72.8 Å². The number of anilines is 1. The van der Waals surface area contributed by atoms with Crippen molar-refractivity contribution in [3.63, 3.8) is 0 Å². The molecule has 4 aromatic carbocycles. The molecule has 0 fully saturated rings. The first kappa shape index (κ1) is 22.5. The third kappa shape index (κ3) is 4.43. The highest BCUT2D eigenvalue weighted by Gasteiger charge is 2.31. The van der Waals surface area contributed by atoms with Crippen LogP contribution in [0.3, 0.4) is 0 Å². The molecule has 1 aliphatic heterocycles. The summed E-state index contributed by atoms with van der Waals surface area (Å²) in [5.41, 5.74) is 2.16. The summed E-state index contributed by atoms with van der Waals surface area (Å²) in [6.07, 6.45) is -0.514. The van der Waals surface area contributed by atoms with E-state index in [4.69, 9.17) is 4.74 Å². The van der Waals surface area contributed by atoms with Crippen molar-refractivity contribution < 1.29 is 19.4 Å². The maximum atomic E-state index is 13.2. The maximum absolute atomic E-state index is 13.2. The number of para-hydroxylation sites is 2. The zero-order valence-electron chi connectivity index (χ0n) is 19.3. The summed E-state index contributed by atoms with van der Waals surface area (Å²) in [7, 11) is 0. The van der Waals surface area contributed by atoms with Gasteiger partial charge in [0.15, 0.2) is 6.10 Å². The standard InChI is InChI=1S/C29H26N2O4/c1-19-29(34)31(23-13-7-8-14-25(23)35-19)18-17-26(33)30-28(21-10-3-2-4-11-21)27-22-12-6-5-9-20(22)15-16-24(27)32/h2-16,19,28,32H,17-18H2,1H3,(H,30,33). The number of rotatable bonds is 6. The van der Waals surface area contributed by atoms with Crippen molar-refractivity contribution in [3.05, 3.63) is 102 Å². The number of fused-ring (bicyclic) bond motifs is 2. The molecule has 2 atom stereocenters. The second-order valence-electron chi connectivity index (χ2n) is 8.60. The molecule has 2 N–H and O–H groups in total. The van der Waals surface area contributed by atoms with E-state index in [0.717, 1.165) is 16.3 Å². The summed E-state index contributed by atoms with van der Waals surface area (Å²) < 4.78 is 5.70. The predicted molar refractivity (Wildman–Crippen MR) is 136 cm³/mol. The number of carbonyl (C=O) groups is 2. The van der Waals surface area contributed by atoms with Gasteiger partial charge < -0.3 is 20.1 Å². The van der Waals surface area contributed by atoms with Gasteiger partial charge >= 0.3 is 0 Å². The van der Waals surface area contributed by atoms with Gasteiger partial charge in [0.2, 0.25) is 5.91 Å². The van der Waals surface area contributed by atoms with Crippen LogP contribution in [0.5, 0.6) is 11.5 Å². The number of benzene rings is 4. The normalized spacial score (nSPS) is 15.9. The molecule has 0 radical (unpaired) electrons. The molecule has 2 unspecified atom stereocenters. The fraction of sp³-hybridized carbons (Fsp3) is 0.172. The maximum Gasteiger partial charge on any atom is 0.267 e. The largest absolute Gasteiger partial charge is 0.508 e. The lowest BCUT2D eigenvalue weighted by atomic mass is 9.92. The topological polar surface area (TPSA) is 78.9 Å². The molecule has 0 aliphatic carbocycles. The summed E-state index contributed by atoms with van der Waals surface area (Å²) in [5.74, 6) is 0.338. The quantitative estimate of drug-likeness (QED) is 0.421. The molecule has 2 amide bonds. The van der Waals surface area contributed by atoms with Gasteiger partial charge in [-0.05, 0) is 41.5 Å². The van der Waals surface area contributed by atoms with Crippen LogP contribution in [0.1, 0.15) is 30.5 Å². The molecule has 4 aromatic rings. The number of nitrogens with one attached hydrogen (secondary N) is 1. The van der Waals surface area contributed by atoms with Gasteiger partial charge in [0.25, 0.3) is 5.91 Å². The SMILES string of the molecule is CC1Oc2ccccc2N(CCC(=O)NC(c2ccccc2)c2c(O)ccc3ccccc23)C1=O. The van der Waals surface area contributed by atoms with Crippen LogP contribution in [0.4, 0.5) is 5.69 Å². The second kappa shape index (κ2) is 9.50. The van der Waals surface area contributed by atoms with Gasteiger partial charge in [-0.3, -0.25) is 9.59 Å². The van der Waals surface area contributed by atoms with Crippen LogP contribution in [0, 0.1) is 0 Å². The molecular formula is C29H26N2O4. The Kier molecular flexibility index (Phi) is 6.10. The Balaban J connectivity index is 1.43. The van der Waals surface area contributed by atoms with E-state index in [1.807, 2.05) is 84.9 Å². The van der Waals surface area contributed by atoms with Crippen molar-refractivity contribution in [1.82, 2.24) is 5.32 Å². The summed E-state index contributed by atoms with van der Waals surface area (Å²) >= 11 is 0. The molecule has 0 saturated carbocycles. The Morgan fingerprint density at radius 2 is 1.69 bits per heavy atom. The number of nitrogens with zero attached hydrogens (tertiary/aromatic N) is 1. The summed E-state index contributed by atoms with van der Waals surface area (Å²) in [6.45, 7) is 1.93. The van der Waals surface area contributed by atoms with Gasteiger partial charge in [-0.2, -0.15) is 0 Å². The smallest absolute Gasteiger partial charge is 0.267 e. The Morgan fingerprint density at radius 3 is 2.51 bits per heavy atom. The summed E-state index contributed by atoms with van der Waals surface area (Å²) in [4.78, 5) is 27.6. The minimum Gasteiger partial charge on any atom is -0.508 e. The highest BCUT2D eigenvalue weighted by Crippen LogP contribution is 2.36. The number of ether oxygens (including phenoxy) is 1. The minimum absolute atomic E-state index is 0.0989. The van der Waals surface area contributed by atoms with E-state index in [1.54, 1.807) is 17.9 Å². The number of hydrogen-bond donors (Lipinski definition) is 2. The number of phenols is 1. The monoisotopic (exact) mass is 466 g/mol. The van der Waals surface area contributed by atoms with Crippen LogP contribution >= 0.6 is 0 Å². The Hall–Kier alpha value is -4.32. The van der Waals surface area contributed by atoms with Crippen LogP contribution in [0.25, 0.3) is 10.8 Å². The van der Waals surface area contributed by atoms with Gasteiger partial charge in [0, 0.05) is 18.5 Å². The molecule has 0 spiro atoms. The van der Waals surface area contributed by atoms with E-state index < -0.39 is 12.1 Å². The van der Waals surface area contributed by atoms with Crippen molar-refractivity contribution in [2.75, 3.05) is 11.4 Å². The molecule has 6 nitrogen and oxygen atoms in total. The summed E-state index contributed by atoms with van der Waals surface area (Å²) in [6, 6.07) is 27.6. The first-order valence-electron chi connectivity index (χ1n) is 11.6. The molecule has 1 heterocycles. The average Bonchev–Trinajstić information content (AvgIpc) is 2.88. The van der Waals surface area contributed by atoms with Gasteiger partial charge in [0.1, 0.15) is 11.5 Å². The number of carbonyl (C=O) groups excluding carboxylic acids is 2. The molecule has 176 valence electrons. The number of amides is 2. The van der Waals surface area contributed by atoms with E-state index in [1.165, 1.54) is 0 Å². The van der Waals surface area contributed by atoms with Crippen molar-refractivity contribution >= 4 is 28.3 Å². The van der Waals surface area contributed by atoms with Crippen LogP contribution in [0.2, 0.25) is 0 Å². The lowest BCUT2D eigenvalue weighted by molar-refractivity contribution is -0.125. The zero-order valence-corrected chi connectivity index (χ0v) is 19.3. The molecule has 0 bridgehead atoms. The zero-order chi connectivity index (χ0) is 24.4. The Bertz CT molecular complexity index is 1390. The molecule has 0 aromatic heterocycles. The Morgan fingerprint density at radius 1 is 0.971 bits per heavy atom. The van der Waals surface area contributed by atoms with Crippen molar-refractivity contribution in [2.45, 2.75) is 25.5 Å². The first-order chi connectivity index (χ1) is 17.0. The van der Waals surface area contributed by atoms with Crippen LogP contribution < -0.4 is 15.0 Å². The number of aromatic hydroxyl groups is 1. The average molecular weight is 467 g/mol. The van der Waals surface area contributed by atoms with Crippen molar-refractivity contribution in [2.24, 2.45) is 0 Å². The number of hydrogen-bond acceptors (Lipinski definition) is 4. The minimum atomic E-state index is -0.613. The van der Waals surface area contributed by atoms with Gasteiger partial charge in [-0.15, -0.1) is 0 Å². The predicted octanol–water partition coefficient (Wildman–Crippen LogP) is 4.96. The van der Waals surface area contributed by atoms with Crippen molar-refractivity contribution in [1.29, 1.82) is 0 Å². The number of phenolic OH excluding ortho intramolecular Hbond substituents is 1. The lowest BCUT2D eigenvalue weighted by Crippen LogP contribution is -2.46. The fourth-order valence-corrected chi connectivity index (χ4v) is 4.59. The van der Waals surface area contributed by atoms with E-state index in [0.29, 0.717) is 17.0 Å². The second-order valence-corrected chi connectivity index (χ2v) is 8.60. The van der Waals surface area contributed by atoms with Crippen LogP contribution in [-0.2, 0) is 9.59 Å². The van der Waals surface area contributed by atoms with Gasteiger partial charge in [0.05, 0.1) is 11.7 Å². The summed E-state index contributed by atoms with van der Waals surface area (Å²) in [5, 5.41) is 15.8. The van der Waals surface area contributed by atoms with E-state index >= 15 is 0 Å². The van der Waals surface area contributed by atoms with E-state index in [9.17, 15) is 14.7 Å². The van der Waals surface area contributed by atoms with Crippen LogP contribution in [-0.4, -0.2) is 29.6 Å². The molecule has 35 heavy (non-hydrogen) atoms. The highest BCUT2D eigenvalue weighted by molar-refractivity contribution is 6.00. The molecular weight excluding hydrogens is 440 g/mol.